The first kappa shape index (κ1) is 12.6. The SMILES string of the molecule is CCNc1nnc(-c2cc(OC)ccc2OC)s1. The third kappa shape index (κ3) is 2.53. The van der Waals surface area contributed by atoms with Crippen LogP contribution in [-0.4, -0.2) is 31.0 Å². The van der Waals surface area contributed by atoms with Gasteiger partial charge in [0.1, 0.15) is 11.5 Å². The second kappa shape index (κ2) is 5.68. The predicted octanol–water partition coefficient (Wildman–Crippen LogP) is 2.65. The van der Waals surface area contributed by atoms with Crippen LogP contribution in [-0.2, 0) is 0 Å². The van der Waals surface area contributed by atoms with Gasteiger partial charge < -0.3 is 14.8 Å². The van der Waals surface area contributed by atoms with Crippen molar-refractivity contribution in [2.75, 3.05) is 26.1 Å². The maximum Gasteiger partial charge on any atom is 0.205 e. The largest absolute Gasteiger partial charge is 0.497 e. The van der Waals surface area contributed by atoms with Gasteiger partial charge >= 0.3 is 0 Å². The number of rotatable bonds is 5. The zero-order valence-electron chi connectivity index (χ0n) is 10.6. The Morgan fingerprint density at radius 2 is 2.06 bits per heavy atom. The lowest BCUT2D eigenvalue weighted by atomic mass is 10.2. The topological polar surface area (TPSA) is 56.3 Å². The van der Waals surface area contributed by atoms with Gasteiger partial charge in [-0.25, -0.2) is 0 Å². The molecule has 0 amide bonds. The lowest BCUT2D eigenvalue weighted by Crippen LogP contribution is -1.94. The molecule has 0 aliphatic rings. The monoisotopic (exact) mass is 265 g/mol. The lowest BCUT2D eigenvalue weighted by molar-refractivity contribution is 0.404. The molecule has 1 N–H and O–H groups in total. The molecule has 0 aliphatic heterocycles. The number of hydrogen-bond donors (Lipinski definition) is 1. The maximum atomic E-state index is 5.33. The number of benzene rings is 1. The minimum atomic E-state index is 0.759. The number of ether oxygens (including phenoxy) is 2. The summed E-state index contributed by atoms with van der Waals surface area (Å²) >= 11 is 1.49. The number of methoxy groups -OCH3 is 2. The van der Waals surface area contributed by atoms with E-state index in [-0.39, 0.29) is 0 Å². The third-order valence-corrected chi connectivity index (χ3v) is 3.30. The second-order valence-corrected chi connectivity index (χ2v) is 4.49. The molecule has 1 aromatic carbocycles. The van der Waals surface area contributed by atoms with Gasteiger partial charge in [0.05, 0.1) is 19.8 Å². The first-order valence-electron chi connectivity index (χ1n) is 5.58. The summed E-state index contributed by atoms with van der Waals surface area (Å²) in [6.45, 7) is 2.84. The Labute approximate surface area is 110 Å². The van der Waals surface area contributed by atoms with E-state index in [4.69, 9.17) is 9.47 Å². The zero-order chi connectivity index (χ0) is 13.0. The molecular formula is C12H15N3O2S. The number of nitrogens with zero attached hydrogens (tertiary/aromatic N) is 2. The molecule has 0 fully saturated rings. The van der Waals surface area contributed by atoms with E-state index in [1.165, 1.54) is 11.3 Å². The molecule has 0 bridgehead atoms. The van der Waals surface area contributed by atoms with E-state index in [0.29, 0.717) is 0 Å². The van der Waals surface area contributed by atoms with Crippen molar-refractivity contribution in [1.29, 1.82) is 0 Å². The molecule has 0 aliphatic carbocycles. The van der Waals surface area contributed by atoms with Crippen molar-refractivity contribution >= 4 is 16.5 Å². The van der Waals surface area contributed by atoms with Crippen LogP contribution < -0.4 is 14.8 Å². The van der Waals surface area contributed by atoms with Crippen molar-refractivity contribution in [3.05, 3.63) is 18.2 Å². The van der Waals surface area contributed by atoms with Gasteiger partial charge in [-0.2, -0.15) is 0 Å². The summed E-state index contributed by atoms with van der Waals surface area (Å²) in [5.41, 5.74) is 0.888. The molecule has 0 atom stereocenters. The van der Waals surface area contributed by atoms with Crippen LogP contribution in [0.4, 0.5) is 5.13 Å². The van der Waals surface area contributed by atoms with Crippen LogP contribution in [0.3, 0.4) is 0 Å². The fourth-order valence-corrected chi connectivity index (χ4v) is 2.37. The summed E-state index contributed by atoms with van der Waals surface area (Å²) in [6.07, 6.45) is 0. The smallest absolute Gasteiger partial charge is 0.205 e. The molecule has 96 valence electrons. The second-order valence-electron chi connectivity index (χ2n) is 3.51. The van der Waals surface area contributed by atoms with E-state index < -0.39 is 0 Å². The van der Waals surface area contributed by atoms with Gasteiger partial charge in [0.2, 0.25) is 5.13 Å². The Morgan fingerprint density at radius 1 is 1.22 bits per heavy atom. The highest BCUT2D eigenvalue weighted by molar-refractivity contribution is 7.18. The van der Waals surface area contributed by atoms with Crippen molar-refractivity contribution in [3.63, 3.8) is 0 Å². The Hall–Kier alpha value is -1.82. The highest BCUT2D eigenvalue weighted by Gasteiger charge is 2.12. The van der Waals surface area contributed by atoms with Crippen LogP contribution >= 0.6 is 11.3 Å². The molecule has 0 unspecified atom stereocenters. The Balaban J connectivity index is 2.40. The summed E-state index contributed by atoms with van der Waals surface area (Å²) in [5, 5.41) is 13.0. The highest BCUT2D eigenvalue weighted by Crippen LogP contribution is 2.36. The quantitative estimate of drug-likeness (QED) is 0.900. The van der Waals surface area contributed by atoms with Crippen LogP contribution in [0, 0.1) is 0 Å². The van der Waals surface area contributed by atoms with Gasteiger partial charge in [0, 0.05) is 6.54 Å². The number of nitrogens with one attached hydrogen (secondary N) is 1. The Bertz CT molecular complexity index is 528. The van der Waals surface area contributed by atoms with Crippen molar-refractivity contribution in [2.24, 2.45) is 0 Å². The van der Waals surface area contributed by atoms with Crippen LogP contribution in [0.1, 0.15) is 6.92 Å². The molecule has 0 saturated carbocycles. The van der Waals surface area contributed by atoms with Gasteiger partial charge in [-0.15, -0.1) is 10.2 Å². The molecule has 18 heavy (non-hydrogen) atoms. The number of hydrogen-bond acceptors (Lipinski definition) is 6. The summed E-state index contributed by atoms with van der Waals surface area (Å²) in [4.78, 5) is 0. The Kier molecular flexibility index (Phi) is 3.99. The average molecular weight is 265 g/mol. The van der Waals surface area contributed by atoms with Gasteiger partial charge in [-0.05, 0) is 25.1 Å². The molecule has 5 nitrogen and oxygen atoms in total. The van der Waals surface area contributed by atoms with E-state index in [1.807, 2.05) is 25.1 Å². The molecule has 6 heteroatoms. The molecule has 2 aromatic rings. The summed E-state index contributed by atoms with van der Waals surface area (Å²) in [5.74, 6) is 1.53. The van der Waals surface area contributed by atoms with Gasteiger partial charge in [-0.1, -0.05) is 11.3 Å². The molecule has 2 rings (SSSR count). The average Bonchev–Trinajstić information content (AvgIpc) is 2.87. The summed E-state index contributed by atoms with van der Waals surface area (Å²) < 4.78 is 10.5. The first-order chi connectivity index (χ1) is 8.78. The van der Waals surface area contributed by atoms with Crippen LogP contribution in [0.15, 0.2) is 18.2 Å². The molecule has 0 radical (unpaired) electrons. The first-order valence-corrected chi connectivity index (χ1v) is 6.40. The molecule has 1 heterocycles. The molecular weight excluding hydrogens is 250 g/mol. The predicted molar refractivity (Wildman–Crippen MR) is 72.6 cm³/mol. The van der Waals surface area contributed by atoms with E-state index in [0.717, 1.165) is 33.7 Å². The van der Waals surface area contributed by atoms with Crippen molar-refractivity contribution in [1.82, 2.24) is 10.2 Å². The van der Waals surface area contributed by atoms with Crippen molar-refractivity contribution in [3.8, 4) is 22.1 Å². The standard InChI is InChI=1S/C12H15N3O2S/c1-4-13-12-15-14-11(18-12)9-7-8(16-2)5-6-10(9)17-3/h5-7H,4H2,1-3H3,(H,13,15). The molecule has 0 saturated heterocycles. The number of anilines is 1. The summed E-state index contributed by atoms with van der Waals surface area (Å²) in [7, 11) is 3.27. The molecule has 1 aromatic heterocycles. The molecule has 0 spiro atoms. The lowest BCUT2D eigenvalue weighted by Gasteiger charge is -2.07. The highest BCUT2D eigenvalue weighted by atomic mass is 32.1. The minimum absolute atomic E-state index is 0.759. The van der Waals surface area contributed by atoms with E-state index in [2.05, 4.69) is 15.5 Å². The van der Waals surface area contributed by atoms with Crippen LogP contribution in [0.2, 0.25) is 0 Å². The van der Waals surface area contributed by atoms with E-state index in [9.17, 15) is 0 Å². The fraction of sp³-hybridized carbons (Fsp3) is 0.333. The van der Waals surface area contributed by atoms with E-state index >= 15 is 0 Å². The van der Waals surface area contributed by atoms with E-state index in [1.54, 1.807) is 14.2 Å². The third-order valence-electron chi connectivity index (χ3n) is 2.39. The van der Waals surface area contributed by atoms with Crippen LogP contribution in [0.5, 0.6) is 11.5 Å². The van der Waals surface area contributed by atoms with Crippen molar-refractivity contribution in [2.45, 2.75) is 6.92 Å². The zero-order valence-corrected chi connectivity index (χ0v) is 11.4. The van der Waals surface area contributed by atoms with Gasteiger partial charge in [0.15, 0.2) is 5.01 Å². The minimum Gasteiger partial charge on any atom is -0.497 e. The van der Waals surface area contributed by atoms with Crippen LogP contribution in [0.25, 0.3) is 10.6 Å². The van der Waals surface area contributed by atoms with Crippen molar-refractivity contribution < 1.29 is 9.47 Å². The Morgan fingerprint density at radius 3 is 2.72 bits per heavy atom. The number of aromatic nitrogens is 2. The maximum absolute atomic E-state index is 5.33. The van der Waals surface area contributed by atoms with Gasteiger partial charge in [0.25, 0.3) is 0 Å². The normalized spacial score (nSPS) is 10.2. The van der Waals surface area contributed by atoms with Gasteiger partial charge in [-0.3, -0.25) is 0 Å². The summed E-state index contributed by atoms with van der Waals surface area (Å²) in [6, 6.07) is 5.62. The fourth-order valence-electron chi connectivity index (χ4n) is 1.54.